The van der Waals surface area contributed by atoms with Crippen molar-refractivity contribution >= 4 is 49.0 Å². The maximum atomic E-state index is 12.6. The zero-order valence-electron chi connectivity index (χ0n) is 10.3. The van der Waals surface area contributed by atoms with Crippen LogP contribution in [0.15, 0.2) is 13.6 Å². The monoisotopic (exact) mass is 433 g/mol. The lowest BCUT2D eigenvalue weighted by atomic mass is 9.96. The molecule has 0 spiro atoms. The second-order valence-electron chi connectivity index (χ2n) is 4.75. The van der Waals surface area contributed by atoms with Crippen LogP contribution in [0.4, 0.5) is 13.2 Å². The highest BCUT2D eigenvalue weighted by molar-refractivity contribution is 9.12. The molecule has 1 aliphatic heterocycles. The number of alkyl halides is 3. The van der Waals surface area contributed by atoms with E-state index in [1.165, 1.54) is 11.3 Å². The summed E-state index contributed by atoms with van der Waals surface area (Å²) in [6.07, 6.45) is -3.96. The molecule has 0 saturated carbocycles. The zero-order valence-corrected chi connectivity index (χ0v) is 14.3. The Bertz CT molecular complexity index is 495. The Morgan fingerprint density at radius 1 is 1.35 bits per heavy atom. The molecule has 1 fully saturated rings. The van der Waals surface area contributed by atoms with Crippen molar-refractivity contribution in [3.05, 3.63) is 19.2 Å². The van der Waals surface area contributed by atoms with E-state index in [1.54, 1.807) is 11.0 Å². The smallest absolute Gasteiger partial charge is 0.296 e. The molecule has 2 nitrogen and oxygen atoms in total. The van der Waals surface area contributed by atoms with Gasteiger partial charge in [-0.2, -0.15) is 13.2 Å². The van der Waals surface area contributed by atoms with Gasteiger partial charge in [0, 0.05) is 5.56 Å². The van der Waals surface area contributed by atoms with E-state index in [4.69, 9.17) is 0 Å². The van der Waals surface area contributed by atoms with Gasteiger partial charge in [0.25, 0.3) is 0 Å². The highest BCUT2D eigenvalue weighted by Crippen LogP contribution is 2.35. The van der Waals surface area contributed by atoms with Crippen LogP contribution < -0.4 is 0 Å². The van der Waals surface area contributed by atoms with Crippen molar-refractivity contribution in [3.63, 3.8) is 0 Å². The molecular weight excluding hydrogens is 423 g/mol. The standard InChI is InChI=1S/C12H12Br2F3NOS/c13-10-5-8(11(14)20-10)9(19)6-18-3-1-7(2-4-18)12(15,16)17/h5,7H,1-4,6H2. The summed E-state index contributed by atoms with van der Waals surface area (Å²) < 4.78 is 39.3. The van der Waals surface area contributed by atoms with Gasteiger partial charge in [-0.3, -0.25) is 9.69 Å². The maximum absolute atomic E-state index is 12.6. The molecule has 1 aliphatic rings. The molecule has 1 saturated heterocycles. The van der Waals surface area contributed by atoms with Crippen molar-refractivity contribution in [2.45, 2.75) is 19.0 Å². The summed E-state index contributed by atoms with van der Waals surface area (Å²) in [6.45, 7) is 0.810. The summed E-state index contributed by atoms with van der Waals surface area (Å²) >= 11 is 8.03. The van der Waals surface area contributed by atoms with Crippen LogP contribution in [0, 0.1) is 5.92 Å². The van der Waals surface area contributed by atoms with E-state index in [2.05, 4.69) is 31.9 Å². The van der Waals surface area contributed by atoms with Crippen LogP contribution in [0.2, 0.25) is 0 Å². The number of halogens is 5. The minimum Gasteiger partial charge on any atom is -0.296 e. The molecule has 0 atom stereocenters. The van der Waals surface area contributed by atoms with E-state index in [-0.39, 0.29) is 25.2 Å². The first kappa shape index (κ1) is 16.5. The van der Waals surface area contributed by atoms with Crippen molar-refractivity contribution in [3.8, 4) is 0 Å². The second kappa shape index (κ2) is 6.46. The summed E-state index contributed by atoms with van der Waals surface area (Å²) in [6, 6.07) is 1.74. The lowest BCUT2D eigenvalue weighted by molar-refractivity contribution is -0.184. The minimum atomic E-state index is -4.11. The van der Waals surface area contributed by atoms with Crippen LogP contribution in [-0.4, -0.2) is 36.5 Å². The number of hydrogen-bond donors (Lipinski definition) is 0. The van der Waals surface area contributed by atoms with Crippen LogP contribution in [-0.2, 0) is 0 Å². The van der Waals surface area contributed by atoms with Gasteiger partial charge in [-0.05, 0) is 63.9 Å². The third-order valence-electron chi connectivity index (χ3n) is 3.37. The number of hydrogen-bond acceptors (Lipinski definition) is 3. The van der Waals surface area contributed by atoms with Crippen LogP contribution in [0.5, 0.6) is 0 Å². The van der Waals surface area contributed by atoms with Crippen LogP contribution in [0.1, 0.15) is 23.2 Å². The third kappa shape index (κ3) is 4.05. The Balaban J connectivity index is 1.90. The number of piperidine rings is 1. The highest BCUT2D eigenvalue weighted by Gasteiger charge is 2.41. The Hall–Kier alpha value is 0.0800. The highest BCUT2D eigenvalue weighted by atomic mass is 79.9. The van der Waals surface area contributed by atoms with Crippen molar-refractivity contribution in [1.82, 2.24) is 4.90 Å². The van der Waals surface area contributed by atoms with Gasteiger partial charge in [0.2, 0.25) is 0 Å². The first-order valence-electron chi connectivity index (χ1n) is 6.04. The molecule has 1 aromatic rings. The quantitative estimate of drug-likeness (QED) is 0.641. The van der Waals surface area contributed by atoms with E-state index >= 15 is 0 Å². The first-order valence-corrected chi connectivity index (χ1v) is 8.44. The van der Waals surface area contributed by atoms with E-state index < -0.39 is 12.1 Å². The van der Waals surface area contributed by atoms with Gasteiger partial charge in [-0.25, -0.2) is 0 Å². The number of likely N-dealkylation sites (tertiary alicyclic amines) is 1. The molecular formula is C12H12Br2F3NOS. The molecule has 8 heteroatoms. The second-order valence-corrected chi connectivity index (χ2v) is 8.50. The summed E-state index contributed by atoms with van der Waals surface area (Å²) in [4.78, 5) is 13.9. The zero-order chi connectivity index (χ0) is 14.9. The predicted octanol–water partition coefficient (Wildman–Crippen LogP) is 4.73. The molecule has 2 heterocycles. The number of Topliss-reactive ketones (excluding diaryl/α,β-unsaturated/α-hetero) is 1. The lowest BCUT2D eigenvalue weighted by Crippen LogP contribution is -2.41. The maximum Gasteiger partial charge on any atom is 0.391 e. The van der Waals surface area contributed by atoms with Crippen molar-refractivity contribution < 1.29 is 18.0 Å². The van der Waals surface area contributed by atoms with Gasteiger partial charge in [0.05, 0.1) is 20.0 Å². The molecule has 0 radical (unpaired) electrons. The Labute approximate surface area is 135 Å². The van der Waals surface area contributed by atoms with E-state index in [1.807, 2.05) is 0 Å². The molecule has 0 N–H and O–H groups in total. The number of nitrogens with zero attached hydrogens (tertiary/aromatic N) is 1. The summed E-state index contributed by atoms with van der Waals surface area (Å²) in [5.41, 5.74) is 0.583. The SMILES string of the molecule is O=C(CN1CCC(C(F)(F)F)CC1)c1cc(Br)sc1Br. The summed E-state index contributed by atoms with van der Waals surface area (Å²) in [5.74, 6) is -1.29. The first-order chi connectivity index (χ1) is 9.27. The Morgan fingerprint density at radius 3 is 2.40 bits per heavy atom. The largest absolute Gasteiger partial charge is 0.391 e. The molecule has 0 bridgehead atoms. The van der Waals surface area contributed by atoms with Crippen LogP contribution in [0.25, 0.3) is 0 Å². The fourth-order valence-electron chi connectivity index (χ4n) is 2.24. The Kier molecular flexibility index (Phi) is 5.31. The minimum absolute atomic E-state index is 0.0655. The molecule has 20 heavy (non-hydrogen) atoms. The lowest BCUT2D eigenvalue weighted by Gasteiger charge is -2.32. The van der Waals surface area contributed by atoms with Gasteiger partial charge in [-0.1, -0.05) is 0 Å². The van der Waals surface area contributed by atoms with Crippen LogP contribution >= 0.6 is 43.2 Å². The topological polar surface area (TPSA) is 20.3 Å². The normalized spacial score (nSPS) is 18.4. The van der Waals surface area contributed by atoms with Gasteiger partial charge < -0.3 is 0 Å². The average Bonchev–Trinajstić information content (AvgIpc) is 2.68. The van der Waals surface area contributed by atoms with E-state index in [0.29, 0.717) is 18.7 Å². The third-order valence-corrected chi connectivity index (χ3v) is 5.71. The van der Waals surface area contributed by atoms with Gasteiger partial charge >= 0.3 is 6.18 Å². The average molecular weight is 435 g/mol. The van der Waals surface area contributed by atoms with E-state index in [0.717, 1.165) is 7.57 Å². The molecule has 0 amide bonds. The van der Waals surface area contributed by atoms with Gasteiger partial charge in [0.1, 0.15) is 0 Å². The molecule has 1 aromatic heterocycles. The number of rotatable bonds is 3. The van der Waals surface area contributed by atoms with Gasteiger partial charge in [-0.15, -0.1) is 11.3 Å². The van der Waals surface area contributed by atoms with E-state index in [9.17, 15) is 18.0 Å². The number of ketones is 1. The molecule has 112 valence electrons. The Morgan fingerprint density at radius 2 is 1.95 bits per heavy atom. The predicted molar refractivity (Wildman–Crippen MR) is 79.3 cm³/mol. The summed E-state index contributed by atoms with van der Waals surface area (Å²) in [7, 11) is 0. The number of thiophene rings is 1. The van der Waals surface area contributed by atoms with Crippen molar-refractivity contribution in [2.75, 3.05) is 19.6 Å². The van der Waals surface area contributed by atoms with Gasteiger partial charge in [0.15, 0.2) is 5.78 Å². The molecule has 0 aliphatic carbocycles. The van der Waals surface area contributed by atoms with Crippen LogP contribution in [0.3, 0.4) is 0 Å². The molecule has 2 rings (SSSR count). The van der Waals surface area contributed by atoms with Crippen molar-refractivity contribution in [1.29, 1.82) is 0 Å². The fourth-order valence-corrected chi connectivity index (χ4v) is 5.09. The molecule has 0 unspecified atom stereocenters. The molecule has 0 aromatic carbocycles. The van der Waals surface area contributed by atoms with Crippen molar-refractivity contribution in [2.24, 2.45) is 5.92 Å². The number of carbonyl (C=O) groups excluding carboxylic acids is 1. The number of carbonyl (C=O) groups is 1. The fraction of sp³-hybridized carbons (Fsp3) is 0.583. The summed E-state index contributed by atoms with van der Waals surface area (Å²) in [5, 5.41) is 0.